The highest BCUT2D eigenvalue weighted by Crippen LogP contribution is 2.26. The zero-order valence-corrected chi connectivity index (χ0v) is 7.19. The fourth-order valence-electron chi connectivity index (χ4n) is 1.10. The van der Waals surface area contributed by atoms with Gasteiger partial charge in [-0.2, -0.15) is 4.98 Å². The number of hydrogen-bond donors (Lipinski definition) is 0. The van der Waals surface area contributed by atoms with Gasteiger partial charge in [0.15, 0.2) is 12.1 Å². The van der Waals surface area contributed by atoms with Gasteiger partial charge in [-0.15, -0.1) is 10.2 Å². The van der Waals surface area contributed by atoms with Gasteiger partial charge in [0, 0.05) is 0 Å². The molecule has 0 radical (unpaired) electrons. The Morgan fingerprint density at radius 2 is 2.00 bits per heavy atom. The third kappa shape index (κ3) is 1.19. The second-order valence-corrected chi connectivity index (χ2v) is 2.53. The fourth-order valence-corrected chi connectivity index (χ4v) is 1.10. The minimum absolute atomic E-state index is 0.215. The van der Waals surface area contributed by atoms with Crippen LogP contribution in [0.4, 0.5) is 0 Å². The van der Waals surface area contributed by atoms with E-state index in [0.29, 0.717) is 17.3 Å². The zero-order chi connectivity index (χ0) is 10.1. The fraction of sp³-hybridized carbons (Fsp3) is 0. The average molecular weight is 205 g/mol. The van der Waals surface area contributed by atoms with Crippen molar-refractivity contribution in [1.29, 1.82) is 0 Å². The molecule has 0 bridgehead atoms. The molecule has 0 aliphatic heterocycles. The van der Waals surface area contributed by atoms with Crippen molar-refractivity contribution in [2.45, 2.75) is 0 Å². The lowest BCUT2D eigenvalue weighted by molar-refractivity contribution is 0.418. The largest absolute Gasteiger partial charge is 0.438 e. The maximum atomic E-state index is 5.10. The van der Waals surface area contributed by atoms with Crippen LogP contribution in [0.1, 0.15) is 0 Å². The lowest BCUT2D eigenvalue weighted by Gasteiger charge is -1.88. The van der Waals surface area contributed by atoms with E-state index < -0.39 is 0 Å². The summed E-state index contributed by atoms with van der Waals surface area (Å²) in [6.07, 6.45) is 3.63. The Labute approximate surface area is 81.9 Å². The van der Waals surface area contributed by atoms with E-state index in [4.69, 9.17) is 8.83 Å². The van der Waals surface area contributed by atoms with Crippen molar-refractivity contribution in [3.8, 4) is 23.2 Å². The second kappa shape index (κ2) is 3.01. The summed E-state index contributed by atoms with van der Waals surface area (Å²) in [5.41, 5.74) is 0.396. The van der Waals surface area contributed by atoms with Gasteiger partial charge in [0.05, 0.1) is 0 Å². The average Bonchev–Trinajstić information content (AvgIpc) is 3.01. The van der Waals surface area contributed by atoms with Gasteiger partial charge in [-0.1, -0.05) is 5.16 Å². The molecule has 0 aromatic carbocycles. The van der Waals surface area contributed by atoms with Crippen molar-refractivity contribution in [3.05, 3.63) is 19.2 Å². The van der Waals surface area contributed by atoms with E-state index in [-0.39, 0.29) is 5.89 Å². The van der Waals surface area contributed by atoms with E-state index in [2.05, 4.69) is 29.8 Å². The first-order chi connectivity index (χ1) is 7.45. The van der Waals surface area contributed by atoms with E-state index >= 15 is 0 Å². The summed E-state index contributed by atoms with van der Waals surface area (Å²) in [5, 5.41) is 10.9. The Morgan fingerprint density at radius 1 is 1.00 bits per heavy atom. The molecule has 3 aromatic rings. The number of aromatic nitrogens is 5. The van der Waals surface area contributed by atoms with Crippen LogP contribution in [-0.2, 0) is 0 Å². The first kappa shape index (κ1) is 7.85. The highest BCUT2D eigenvalue weighted by atomic mass is 16.5. The maximum Gasteiger partial charge on any atom is 0.285 e. The Balaban J connectivity index is 2.15. The van der Waals surface area contributed by atoms with E-state index in [9.17, 15) is 0 Å². The molecule has 0 amide bonds. The Kier molecular flexibility index (Phi) is 1.58. The van der Waals surface area contributed by atoms with Gasteiger partial charge >= 0.3 is 0 Å². The molecule has 15 heavy (non-hydrogen) atoms. The van der Waals surface area contributed by atoms with Crippen LogP contribution in [0, 0.1) is 0 Å². The normalized spacial score (nSPS) is 10.7. The van der Waals surface area contributed by atoms with Crippen LogP contribution in [0.5, 0.6) is 0 Å². The molecule has 0 spiro atoms. The van der Waals surface area contributed by atoms with Crippen LogP contribution in [-0.4, -0.2) is 25.3 Å². The predicted molar refractivity (Wildman–Crippen MR) is 43.1 cm³/mol. The summed E-state index contributed by atoms with van der Waals surface area (Å²) in [6.45, 7) is 0. The lowest BCUT2D eigenvalue weighted by Crippen LogP contribution is -1.84. The van der Waals surface area contributed by atoms with Gasteiger partial charge < -0.3 is 13.4 Å². The monoisotopic (exact) mass is 205 g/mol. The van der Waals surface area contributed by atoms with Gasteiger partial charge in [0.1, 0.15) is 0 Å². The Morgan fingerprint density at radius 3 is 2.73 bits per heavy atom. The van der Waals surface area contributed by atoms with Gasteiger partial charge in [0.25, 0.3) is 5.89 Å². The summed E-state index contributed by atoms with van der Waals surface area (Å²) in [7, 11) is 0. The summed E-state index contributed by atoms with van der Waals surface area (Å²) in [4.78, 5) is 7.77. The van der Waals surface area contributed by atoms with Gasteiger partial charge in [0.2, 0.25) is 24.4 Å². The van der Waals surface area contributed by atoms with Gasteiger partial charge in [-0.25, -0.2) is 4.98 Å². The van der Waals surface area contributed by atoms with E-state index in [0.717, 1.165) is 0 Å². The molecule has 3 heterocycles. The van der Waals surface area contributed by atoms with E-state index in [1.807, 2.05) is 0 Å². The molecule has 8 heteroatoms. The topological polar surface area (TPSA) is 104 Å². The molecule has 3 rings (SSSR count). The molecule has 0 fully saturated rings. The number of nitrogens with zero attached hydrogens (tertiary/aromatic N) is 5. The molecule has 0 atom stereocenters. The van der Waals surface area contributed by atoms with Crippen LogP contribution in [0.3, 0.4) is 0 Å². The zero-order valence-electron chi connectivity index (χ0n) is 7.19. The predicted octanol–water partition coefficient (Wildman–Crippen LogP) is 0.775. The summed E-state index contributed by atoms with van der Waals surface area (Å²) < 4.78 is 14.7. The SMILES string of the molecule is c1nc(-c2ncoc2-c2nnco2)no1. The minimum Gasteiger partial charge on any atom is -0.438 e. The van der Waals surface area contributed by atoms with Gasteiger partial charge in [-0.05, 0) is 0 Å². The van der Waals surface area contributed by atoms with Crippen LogP contribution >= 0.6 is 0 Å². The van der Waals surface area contributed by atoms with Crippen molar-refractivity contribution >= 4 is 0 Å². The molecule has 0 unspecified atom stereocenters. The standard InChI is InChI=1S/C7H3N5O3/c1-8-4(6-9-2-15-12-6)5(13-1)7-11-10-3-14-7/h1-3H. The molecule has 0 aliphatic carbocycles. The van der Waals surface area contributed by atoms with Crippen molar-refractivity contribution < 1.29 is 13.4 Å². The Hall–Kier alpha value is -2.51. The smallest absolute Gasteiger partial charge is 0.285 e. The molecule has 0 saturated heterocycles. The van der Waals surface area contributed by atoms with Crippen LogP contribution in [0.25, 0.3) is 23.2 Å². The van der Waals surface area contributed by atoms with E-state index in [1.54, 1.807) is 0 Å². The van der Waals surface area contributed by atoms with Gasteiger partial charge in [-0.3, -0.25) is 0 Å². The molecule has 0 aliphatic rings. The quantitative estimate of drug-likeness (QED) is 0.604. The molecule has 3 aromatic heterocycles. The summed E-state index contributed by atoms with van der Waals surface area (Å²) >= 11 is 0. The molecule has 0 N–H and O–H groups in total. The van der Waals surface area contributed by atoms with Crippen molar-refractivity contribution in [1.82, 2.24) is 25.3 Å². The lowest BCUT2D eigenvalue weighted by atomic mass is 10.3. The minimum atomic E-state index is 0.215. The number of hydrogen-bond acceptors (Lipinski definition) is 8. The van der Waals surface area contributed by atoms with Crippen LogP contribution < -0.4 is 0 Å². The summed E-state index contributed by atoms with van der Waals surface area (Å²) in [5.74, 6) is 0.832. The van der Waals surface area contributed by atoms with Crippen molar-refractivity contribution in [2.24, 2.45) is 0 Å². The second-order valence-electron chi connectivity index (χ2n) is 2.53. The summed E-state index contributed by atoms with van der Waals surface area (Å²) in [6, 6.07) is 0. The highest BCUT2D eigenvalue weighted by Gasteiger charge is 2.20. The maximum absolute atomic E-state index is 5.10. The number of rotatable bonds is 2. The number of oxazole rings is 1. The van der Waals surface area contributed by atoms with E-state index in [1.165, 1.54) is 19.2 Å². The molecule has 8 nitrogen and oxygen atoms in total. The first-order valence-electron chi connectivity index (χ1n) is 3.92. The van der Waals surface area contributed by atoms with Crippen LogP contribution in [0.2, 0.25) is 0 Å². The first-order valence-corrected chi connectivity index (χ1v) is 3.92. The third-order valence-electron chi connectivity index (χ3n) is 1.69. The highest BCUT2D eigenvalue weighted by molar-refractivity contribution is 5.66. The molecule has 0 saturated carbocycles. The molecular formula is C7H3N5O3. The molecule has 74 valence electrons. The van der Waals surface area contributed by atoms with Crippen molar-refractivity contribution in [2.75, 3.05) is 0 Å². The van der Waals surface area contributed by atoms with Crippen molar-refractivity contribution in [3.63, 3.8) is 0 Å². The molecular weight excluding hydrogens is 202 g/mol. The Bertz CT molecular complexity index is 492. The third-order valence-corrected chi connectivity index (χ3v) is 1.69. The van der Waals surface area contributed by atoms with Crippen LogP contribution in [0.15, 0.2) is 32.5 Å².